The Hall–Kier alpha value is -2.50. The second-order valence-electron chi connectivity index (χ2n) is 6.03. The number of hydrogen-bond donors (Lipinski definition) is 0. The van der Waals surface area contributed by atoms with Crippen LogP contribution in [0.2, 0.25) is 5.02 Å². The largest absolute Gasteiger partial charge is 0.279 e. The number of tetrazole rings is 1. The van der Waals surface area contributed by atoms with E-state index in [1.165, 1.54) is 11.1 Å². The Morgan fingerprint density at radius 1 is 1.00 bits per heavy atom. The van der Waals surface area contributed by atoms with Crippen molar-refractivity contribution in [2.45, 2.75) is 13.1 Å². The van der Waals surface area contributed by atoms with E-state index in [1.807, 2.05) is 30.3 Å². The van der Waals surface area contributed by atoms with E-state index in [1.54, 1.807) is 4.80 Å². The topological polar surface area (TPSA) is 46.8 Å². The van der Waals surface area contributed by atoms with Gasteiger partial charge in [-0.1, -0.05) is 60.1 Å². The van der Waals surface area contributed by atoms with Crippen molar-refractivity contribution in [1.29, 1.82) is 0 Å². The average molecular weight is 352 g/mol. The quantitative estimate of drug-likeness (QED) is 0.718. The van der Waals surface area contributed by atoms with Crippen LogP contribution in [-0.2, 0) is 6.67 Å². The highest BCUT2D eigenvalue weighted by Gasteiger charge is 2.15. The number of benzene rings is 2. The van der Waals surface area contributed by atoms with Crippen LogP contribution in [0.1, 0.15) is 12.0 Å². The molecule has 1 aliphatic rings. The van der Waals surface area contributed by atoms with E-state index in [4.69, 9.17) is 11.6 Å². The van der Waals surface area contributed by atoms with E-state index >= 15 is 0 Å². The van der Waals surface area contributed by atoms with Gasteiger partial charge < -0.3 is 0 Å². The summed E-state index contributed by atoms with van der Waals surface area (Å²) in [5.41, 5.74) is 3.52. The molecule has 0 fully saturated rings. The predicted molar refractivity (Wildman–Crippen MR) is 98.9 cm³/mol. The zero-order valence-electron chi connectivity index (χ0n) is 13.7. The number of rotatable bonds is 4. The summed E-state index contributed by atoms with van der Waals surface area (Å²) in [6.07, 6.45) is 3.31. The number of halogens is 1. The van der Waals surface area contributed by atoms with Crippen LogP contribution in [0.4, 0.5) is 0 Å². The van der Waals surface area contributed by atoms with Crippen LogP contribution in [0.25, 0.3) is 17.0 Å². The third kappa shape index (κ3) is 3.62. The molecule has 1 aromatic heterocycles. The Morgan fingerprint density at radius 3 is 2.56 bits per heavy atom. The van der Waals surface area contributed by atoms with Gasteiger partial charge in [0.25, 0.3) is 0 Å². The van der Waals surface area contributed by atoms with Gasteiger partial charge >= 0.3 is 0 Å². The van der Waals surface area contributed by atoms with Crippen molar-refractivity contribution >= 4 is 17.2 Å². The van der Waals surface area contributed by atoms with Crippen LogP contribution < -0.4 is 0 Å². The normalized spacial score (nSPS) is 15.2. The van der Waals surface area contributed by atoms with Crippen LogP contribution >= 0.6 is 11.6 Å². The summed E-state index contributed by atoms with van der Waals surface area (Å²) in [5, 5.41) is 13.4. The smallest absolute Gasteiger partial charge is 0.206 e. The molecule has 0 atom stereocenters. The van der Waals surface area contributed by atoms with Crippen LogP contribution in [0.15, 0.2) is 60.7 Å². The average Bonchev–Trinajstić information content (AvgIpc) is 3.12. The maximum Gasteiger partial charge on any atom is 0.206 e. The molecule has 0 unspecified atom stereocenters. The first-order valence-corrected chi connectivity index (χ1v) is 8.67. The highest BCUT2D eigenvalue weighted by Crippen LogP contribution is 2.24. The van der Waals surface area contributed by atoms with E-state index in [0.717, 1.165) is 25.1 Å². The van der Waals surface area contributed by atoms with Gasteiger partial charge in [-0.05, 0) is 34.9 Å². The Balaban J connectivity index is 1.43. The summed E-state index contributed by atoms with van der Waals surface area (Å²) in [4.78, 5) is 3.92. The molecule has 0 aliphatic carbocycles. The molecule has 0 saturated carbocycles. The third-order valence-corrected chi connectivity index (χ3v) is 4.66. The van der Waals surface area contributed by atoms with Crippen molar-refractivity contribution in [3.8, 4) is 11.4 Å². The van der Waals surface area contributed by atoms with Gasteiger partial charge in [-0.2, -0.15) is 0 Å². The lowest BCUT2D eigenvalue weighted by Gasteiger charge is -2.25. The second kappa shape index (κ2) is 7.17. The van der Waals surface area contributed by atoms with Crippen molar-refractivity contribution < 1.29 is 0 Å². The van der Waals surface area contributed by atoms with E-state index < -0.39 is 0 Å². The van der Waals surface area contributed by atoms with Gasteiger partial charge in [0.05, 0.1) is 5.02 Å². The predicted octanol–water partition coefficient (Wildman–Crippen LogP) is 3.74. The maximum absolute atomic E-state index is 6.20. The Morgan fingerprint density at radius 2 is 1.80 bits per heavy atom. The van der Waals surface area contributed by atoms with Crippen LogP contribution in [0.5, 0.6) is 0 Å². The van der Waals surface area contributed by atoms with E-state index in [9.17, 15) is 0 Å². The lowest BCUT2D eigenvalue weighted by atomic mass is 10.00. The minimum atomic E-state index is 0.558. The van der Waals surface area contributed by atoms with Crippen molar-refractivity contribution in [2.75, 3.05) is 13.1 Å². The molecule has 5 nitrogen and oxygen atoms in total. The first-order valence-electron chi connectivity index (χ1n) is 8.29. The summed E-state index contributed by atoms with van der Waals surface area (Å²) >= 11 is 6.20. The van der Waals surface area contributed by atoms with Gasteiger partial charge in [0.15, 0.2) is 0 Å². The van der Waals surface area contributed by atoms with Gasteiger partial charge in [-0.15, -0.1) is 15.0 Å². The molecule has 3 aromatic rings. The van der Waals surface area contributed by atoms with Crippen LogP contribution in [0, 0.1) is 0 Å². The number of hydrogen-bond acceptors (Lipinski definition) is 4. The van der Waals surface area contributed by atoms with Gasteiger partial charge in [0.2, 0.25) is 5.82 Å². The van der Waals surface area contributed by atoms with Gasteiger partial charge in [0.1, 0.15) is 6.67 Å². The van der Waals surface area contributed by atoms with Crippen molar-refractivity contribution in [1.82, 2.24) is 25.1 Å². The zero-order chi connectivity index (χ0) is 17.1. The fourth-order valence-electron chi connectivity index (χ4n) is 2.99. The summed E-state index contributed by atoms with van der Waals surface area (Å²) in [6.45, 7) is 2.48. The molecule has 0 amide bonds. The number of aromatic nitrogens is 4. The van der Waals surface area contributed by atoms with Crippen molar-refractivity contribution in [3.63, 3.8) is 0 Å². The first kappa shape index (κ1) is 16.0. The van der Waals surface area contributed by atoms with Crippen LogP contribution in [0.3, 0.4) is 0 Å². The molecule has 0 spiro atoms. The minimum absolute atomic E-state index is 0.558. The summed E-state index contributed by atoms with van der Waals surface area (Å²) in [7, 11) is 0. The summed E-state index contributed by atoms with van der Waals surface area (Å²) < 4.78 is 0. The number of nitrogens with zero attached hydrogens (tertiary/aromatic N) is 5. The SMILES string of the molecule is Clc1ccccc1-c1nnn(CN2CC=C(c3ccccc3)CC2)n1. The van der Waals surface area contributed by atoms with Gasteiger partial charge in [-0.25, -0.2) is 0 Å². The second-order valence-corrected chi connectivity index (χ2v) is 6.44. The van der Waals surface area contributed by atoms with Gasteiger partial charge in [0, 0.05) is 18.7 Å². The minimum Gasteiger partial charge on any atom is -0.279 e. The summed E-state index contributed by atoms with van der Waals surface area (Å²) in [5.74, 6) is 0.558. The molecular formula is C19H18ClN5. The van der Waals surface area contributed by atoms with E-state index in [2.05, 4.69) is 50.7 Å². The molecule has 1 aliphatic heterocycles. The molecule has 2 aromatic carbocycles. The standard InChI is InChI=1S/C19H18ClN5/c20-18-9-5-4-8-17(18)19-21-23-25(22-19)14-24-12-10-16(11-13-24)15-6-2-1-3-7-15/h1-10H,11-14H2. The molecule has 0 N–H and O–H groups in total. The highest BCUT2D eigenvalue weighted by molar-refractivity contribution is 6.33. The Bertz CT molecular complexity index is 888. The molecule has 126 valence electrons. The third-order valence-electron chi connectivity index (χ3n) is 4.33. The molecule has 0 saturated heterocycles. The lowest BCUT2D eigenvalue weighted by molar-refractivity contribution is 0.211. The zero-order valence-corrected chi connectivity index (χ0v) is 14.5. The molecule has 4 rings (SSSR count). The van der Waals surface area contributed by atoms with E-state index in [-0.39, 0.29) is 0 Å². The maximum atomic E-state index is 6.20. The highest BCUT2D eigenvalue weighted by atomic mass is 35.5. The summed E-state index contributed by atoms with van der Waals surface area (Å²) in [6, 6.07) is 18.1. The van der Waals surface area contributed by atoms with Gasteiger partial charge in [-0.3, -0.25) is 4.90 Å². The van der Waals surface area contributed by atoms with Crippen molar-refractivity contribution in [3.05, 3.63) is 71.3 Å². The fourth-order valence-corrected chi connectivity index (χ4v) is 3.21. The fraction of sp³-hybridized carbons (Fsp3) is 0.211. The monoisotopic (exact) mass is 351 g/mol. The first-order chi connectivity index (χ1) is 12.3. The molecule has 25 heavy (non-hydrogen) atoms. The molecule has 6 heteroatoms. The van der Waals surface area contributed by atoms with Crippen molar-refractivity contribution in [2.24, 2.45) is 0 Å². The lowest BCUT2D eigenvalue weighted by Crippen LogP contribution is -2.31. The Labute approximate surface area is 151 Å². The molecule has 0 bridgehead atoms. The van der Waals surface area contributed by atoms with E-state index in [0.29, 0.717) is 17.5 Å². The molecule has 0 radical (unpaired) electrons. The molecule has 2 heterocycles. The molecular weight excluding hydrogens is 334 g/mol. The van der Waals surface area contributed by atoms with Crippen LogP contribution in [-0.4, -0.2) is 38.2 Å². The Kier molecular flexibility index (Phi) is 4.59.